The molecule has 0 aliphatic rings. The fraction of sp³-hybridized carbons (Fsp3) is 0.150. The third-order valence-corrected chi connectivity index (χ3v) is 5.74. The van der Waals surface area contributed by atoms with E-state index in [0.29, 0.717) is 33.6 Å². The maximum Gasteiger partial charge on any atom is 0.329 e. The van der Waals surface area contributed by atoms with Crippen LogP contribution in [0.25, 0.3) is 11.2 Å². The van der Waals surface area contributed by atoms with Crippen LogP contribution < -0.4 is 11.2 Å². The average molecular weight is 413 g/mol. The Bertz CT molecular complexity index is 1240. The van der Waals surface area contributed by atoms with Crippen LogP contribution in [0.5, 0.6) is 0 Å². The van der Waals surface area contributed by atoms with Gasteiger partial charge in [0.15, 0.2) is 16.3 Å². The molecule has 0 fully saturated rings. The van der Waals surface area contributed by atoms with Gasteiger partial charge in [0.1, 0.15) is 0 Å². The van der Waals surface area contributed by atoms with E-state index in [4.69, 9.17) is 11.6 Å². The molecule has 2 aromatic carbocycles. The molecule has 0 saturated carbocycles. The van der Waals surface area contributed by atoms with Crippen molar-refractivity contribution in [2.45, 2.75) is 17.5 Å². The summed E-state index contributed by atoms with van der Waals surface area (Å²) in [6, 6.07) is 17.5. The minimum atomic E-state index is -0.478. The Morgan fingerprint density at radius 3 is 2.46 bits per heavy atom. The van der Waals surface area contributed by atoms with Gasteiger partial charge in [-0.3, -0.25) is 14.3 Å². The lowest BCUT2D eigenvalue weighted by molar-refractivity contribution is 0.728. The maximum atomic E-state index is 12.5. The van der Waals surface area contributed by atoms with Crippen molar-refractivity contribution in [1.29, 1.82) is 0 Å². The minimum absolute atomic E-state index is 0.373. The van der Waals surface area contributed by atoms with Gasteiger partial charge in [0.05, 0.1) is 6.54 Å². The molecular formula is C20H17ClN4O2S. The molecule has 0 atom stereocenters. The lowest BCUT2D eigenvalue weighted by Crippen LogP contribution is -2.29. The molecule has 142 valence electrons. The van der Waals surface area contributed by atoms with Crippen LogP contribution in [0.3, 0.4) is 0 Å². The lowest BCUT2D eigenvalue weighted by Gasteiger charge is -2.09. The molecular weight excluding hydrogens is 396 g/mol. The number of rotatable bonds is 5. The molecule has 28 heavy (non-hydrogen) atoms. The van der Waals surface area contributed by atoms with Crippen molar-refractivity contribution in [3.63, 3.8) is 0 Å². The first-order valence-corrected chi connectivity index (χ1v) is 10.00. The maximum absolute atomic E-state index is 12.5. The Labute approximate surface area is 169 Å². The van der Waals surface area contributed by atoms with Crippen LogP contribution in [0.15, 0.2) is 69.3 Å². The Morgan fingerprint density at radius 2 is 1.75 bits per heavy atom. The van der Waals surface area contributed by atoms with E-state index in [0.717, 1.165) is 11.1 Å². The summed E-state index contributed by atoms with van der Waals surface area (Å²) >= 11 is 7.51. The first-order valence-electron chi connectivity index (χ1n) is 8.63. The zero-order valence-corrected chi connectivity index (χ0v) is 16.6. The van der Waals surface area contributed by atoms with E-state index in [2.05, 4.69) is 9.97 Å². The fourth-order valence-electron chi connectivity index (χ4n) is 2.97. The van der Waals surface area contributed by atoms with Crippen molar-refractivity contribution < 1.29 is 0 Å². The van der Waals surface area contributed by atoms with Gasteiger partial charge in [0.2, 0.25) is 0 Å². The zero-order chi connectivity index (χ0) is 19.7. The molecule has 0 bridgehead atoms. The molecule has 0 amide bonds. The summed E-state index contributed by atoms with van der Waals surface area (Å²) in [6.07, 6.45) is 0. The Hall–Kier alpha value is -2.77. The topological polar surface area (TPSA) is 72.7 Å². The van der Waals surface area contributed by atoms with Gasteiger partial charge in [-0.2, -0.15) is 0 Å². The fourth-order valence-corrected chi connectivity index (χ4v) is 4.04. The highest BCUT2D eigenvalue weighted by molar-refractivity contribution is 7.98. The van der Waals surface area contributed by atoms with Gasteiger partial charge in [0.25, 0.3) is 5.56 Å². The quantitative estimate of drug-likeness (QED) is 0.510. The zero-order valence-electron chi connectivity index (χ0n) is 15.1. The number of nitrogens with zero attached hydrogens (tertiary/aromatic N) is 3. The van der Waals surface area contributed by atoms with Crippen LogP contribution in [0.4, 0.5) is 0 Å². The number of nitrogens with one attached hydrogen (secondary N) is 1. The predicted molar refractivity (Wildman–Crippen MR) is 112 cm³/mol. The number of hydrogen-bond acceptors (Lipinski definition) is 4. The third-order valence-electron chi connectivity index (χ3n) is 4.44. The highest BCUT2D eigenvalue weighted by Crippen LogP contribution is 2.26. The molecule has 0 radical (unpaired) electrons. The second kappa shape index (κ2) is 7.69. The van der Waals surface area contributed by atoms with Crippen molar-refractivity contribution in [2.75, 3.05) is 0 Å². The second-order valence-electron chi connectivity index (χ2n) is 6.37. The van der Waals surface area contributed by atoms with Crippen LogP contribution in [0.1, 0.15) is 11.1 Å². The Kier molecular flexibility index (Phi) is 5.11. The largest absolute Gasteiger partial charge is 0.329 e. The van der Waals surface area contributed by atoms with E-state index in [9.17, 15) is 9.59 Å². The standard InChI is InChI=1S/C20H17ClN4O2S/c1-24-17-16(18(26)23-19(24)27)25(11-13-7-9-15(21)10-8-13)20(22-17)28-12-14-5-3-2-4-6-14/h2-10H,11-12H2,1H3,(H,23,26,27). The number of aromatic nitrogens is 4. The number of aryl methyl sites for hydroxylation is 1. The van der Waals surface area contributed by atoms with Gasteiger partial charge in [-0.1, -0.05) is 65.8 Å². The number of benzene rings is 2. The monoisotopic (exact) mass is 412 g/mol. The van der Waals surface area contributed by atoms with Gasteiger partial charge in [-0.05, 0) is 23.3 Å². The lowest BCUT2D eigenvalue weighted by atomic mass is 10.2. The average Bonchev–Trinajstić information content (AvgIpc) is 3.06. The summed E-state index contributed by atoms with van der Waals surface area (Å²) in [5.41, 5.74) is 1.98. The Morgan fingerprint density at radius 1 is 1.04 bits per heavy atom. The molecule has 0 aliphatic carbocycles. The molecule has 4 aromatic rings. The number of hydrogen-bond donors (Lipinski definition) is 1. The molecule has 0 aliphatic heterocycles. The van der Waals surface area contributed by atoms with Crippen LogP contribution in [0.2, 0.25) is 5.02 Å². The van der Waals surface area contributed by atoms with Gasteiger partial charge < -0.3 is 4.57 Å². The highest BCUT2D eigenvalue weighted by Gasteiger charge is 2.18. The number of imidazole rings is 1. The SMILES string of the molecule is Cn1c(=O)[nH]c(=O)c2c1nc(SCc1ccccc1)n2Cc1ccc(Cl)cc1. The number of aromatic amines is 1. The van der Waals surface area contributed by atoms with Crippen molar-refractivity contribution in [3.05, 3.63) is 91.6 Å². The van der Waals surface area contributed by atoms with Crippen molar-refractivity contribution >= 4 is 34.5 Å². The summed E-state index contributed by atoms with van der Waals surface area (Å²) in [4.78, 5) is 31.5. The number of halogens is 1. The van der Waals surface area contributed by atoms with Gasteiger partial charge in [-0.25, -0.2) is 9.78 Å². The van der Waals surface area contributed by atoms with E-state index in [1.807, 2.05) is 59.2 Å². The van der Waals surface area contributed by atoms with Crippen LogP contribution in [0, 0.1) is 0 Å². The first kappa shape index (κ1) is 18.6. The highest BCUT2D eigenvalue weighted by atomic mass is 35.5. The van der Waals surface area contributed by atoms with Crippen molar-refractivity contribution in [2.24, 2.45) is 7.05 Å². The number of H-pyrrole nitrogens is 1. The summed E-state index contributed by atoms with van der Waals surface area (Å²) < 4.78 is 3.21. The summed E-state index contributed by atoms with van der Waals surface area (Å²) in [7, 11) is 1.60. The molecule has 2 heterocycles. The summed E-state index contributed by atoms with van der Waals surface area (Å²) in [5, 5.41) is 1.33. The second-order valence-corrected chi connectivity index (χ2v) is 7.75. The van der Waals surface area contributed by atoms with Gasteiger partial charge >= 0.3 is 5.69 Å². The van der Waals surface area contributed by atoms with E-state index in [-0.39, 0.29) is 0 Å². The molecule has 4 rings (SSSR count). The van der Waals surface area contributed by atoms with E-state index >= 15 is 0 Å². The predicted octanol–water partition coefficient (Wildman–Crippen LogP) is 3.42. The molecule has 2 aromatic heterocycles. The molecule has 8 heteroatoms. The minimum Gasteiger partial charge on any atom is -0.309 e. The third kappa shape index (κ3) is 3.63. The summed E-state index contributed by atoms with van der Waals surface area (Å²) in [5.74, 6) is 0.705. The van der Waals surface area contributed by atoms with Crippen LogP contribution >= 0.6 is 23.4 Å². The van der Waals surface area contributed by atoms with E-state index < -0.39 is 11.2 Å². The molecule has 0 unspecified atom stereocenters. The summed E-state index contributed by atoms with van der Waals surface area (Å²) in [6.45, 7) is 0.450. The van der Waals surface area contributed by atoms with E-state index in [1.54, 1.807) is 7.05 Å². The number of thioether (sulfide) groups is 1. The van der Waals surface area contributed by atoms with Crippen LogP contribution in [-0.4, -0.2) is 19.1 Å². The van der Waals surface area contributed by atoms with E-state index in [1.165, 1.54) is 16.3 Å². The van der Waals surface area contributed by atoms with Gasteiger partial charge in [0, 0.05) is 17.8 Å². The molecule has 0 spiro atoms. The smallest absolute Gasteiger partial charge is 0.309 e. The molecule has 1 N–H and O–H groups in total. The molecule has 0 saturated heterocycles. The molecule has 6 nitrogen and oxygen atoms in total. The Balaban J connectivity index is 1.81. The van der Waals surface area contributed by atoms with Crippen LogP contribution in [-0.2, 0) is 19.3 Å². The van der Waals surface area contributed by atoms with Gasteiger partial charge in [-0.15, -0.1) is 0 Å². The normalized spacial score (nSPS) is 11.2. The first-order chi connectivity index (χ1) is 13.5. The van der Waals surface area contributed by atoms with Crippen molar-refractivity contribution in [1.82, 2.24) is 19.1 Å². The number of fused-ring (bicyclic) bond motifs is 1. The van der Waals surface area contributed by atoms with Crippen molar-refractivity contribution in [3.8, 4) is 0 Å².